The van der Waals surface area contributed by atoms with Crippen molar-refractivity contribution in [2.75, 3.05) is 20.8 Å². The Morgan fingerprint density at radius 1 is 0.696 bits per heavy atom. The van der Waals surface area contributed by atoms with Crippen LogP contribution in [0.3, 0.4) is 0 Å². The number of rotatable bonds is 23. The van der Waals surface area contributed by atoms with E-state index in [1.54, 1.807) is 16.0 Å². The number of benzene rings is 2. The fourth-order valence-corrected chi connectivity index (χ4v) is 6.02. The maximum absolute atomic E-state index is 15.8. The minimum absolute atomic E-state index is 0.0830. The van der Waals surface area contributed by atoms with Crippen LogP contribution in [0.25, 0.3) is 11.1 Å². The SMILES string of the molecule is COC(=O)NC(C(=O)N[C@@H](Cc1ccc(/C(C=N)=C/NC(F)F)cc1)[C@@H](O)CN(Cc1c(F)cc(/C(C=N)=C/NC(F)F)cc1F)NC(=O)[C@@H](NC(=O)OC)C(C)(C)C(F)(F)F)C(C)(C)C(F)(F)F. The summed E-state index contributed by atoms with van der Waals surface area (Å²) >= 11 is 0. The second kappa shape index (κ2) is 24.6. The summed E-state index contributed by atoms with van der Waals surface area (Å²) in [6.07, 6.45) is -14.0. The number of hydrazine groups is 1. The lowest BCUT2D eigenvalue weighted by Crippen LogP contribution is -2.63. The first-order valence-corrected chi connectivity index (χ1v) is 19.8. The van der Waals surface area contributed by atoms with Crippen molar-refractivity contribution in [1.29, 1.82) is 10.8 Å². The molecule has 0 fully saturated rings. The van der Waals surface area contributed by atoms with Crippen LogP contribution in [-0.2, 0) is 32.0 Å². The van der Waals surface area contributed by atoms with Gasteiger partial charge in [-0.3, -0.25) is 15.0 Å². The van der Waals surface area contributed by atoms with E-state index in [9.17, 15) is 68.2 Å². The highest BCUT2D eigenvalue weighted by Crippen LogP contribution is 2.42. The molecule has 0 spiro atoms. The molecule has 0 aliphatic carbocycles. The van der Waals surface area contributed by atoms with E-state index in [-0.39, 0.29) is 16.7 Å². The maximum Gasteiger partial charge on any atom is 0.407 e. The fourth-order valence-electron chi connectivity index (χ4n) is 6.02. The largest absolute Gasteiger partial charge is 0.453 e. The van der Waals surface area contributed by atoms with Gasteiger partial charge in [0.15, 0.2) is 0 Å². The Bertz CT molecular complexity index is 2170. The molecule has 69 heavy (non-hydrogen) atoms. The summed E-state index contributed by atoms with van der Waals surface area (Å²) in [6, 6.07) is -0.919. The van der Waals surface area contributed by atoms with Gasteiger partial charge in [0.2, 0.25) is 5.91 Å². The summed E-state index contributed by atoms with van der Waals surface area (Å²) < 4.78 is 178. The summed E-state index contributed by atoms with van der Waals surface area (Å²) in [6.45, 7) is -6.63. The van der Waals surface area contributed by atoms with Crippen LogP contribution in [0.5, 0.6) is 0 Å². The van der Waals surface area contributed by atoms with Crippen LogP contribution in [0, 0.1) is 33.3 Å². The van der Waals surface area contributed by atoms with Crippen LogP contribution < -0.4 is 32.0 Å². The van der Waals surface area contributed by atoms with Crippen LogP contribution in [0.2, 0.25) is 0 Å². The van der Waals surface area contributed by atoms with Gasteiger partial charge in [0, 0.05) is 54.6 Å². The topological polar surface area (TPSA) is 230 Å². The molecule has 2 rings (SSSR count). The van der Waals surface area contributed by atoms with E-state index in [1.165, 1.54) is 29.6 Å². The van der Waals surface area contributed by atoms with Gasteiger partial charge in [0.25, 0.3) is 5.91 Å². The highest BCUT2D eigenvalue weighted by Gasteiger charge is 2.57. The number of hydrogen-bond acceptors (Lipinski definition) is 12. The second-order valence-corrected chi connectivity index (χ2v) is 15.9. The van der Waals surface area contributed by atoms with Crippen molar-refractivity contribution < 1.29 is 86.4 Å². The van der Waals surface area contributed by atoms with Gasteiger partial charge in [-0.05, 0) is 62.9 Å². The average Bonchev–Trinajstić information content (AvgIpc) is 3.24. The number of alkyl halides is 10. The van der Waals surface area contributed by atoms with Gasteiger partial charge < -0.3 is 52.0 Å². The molecule has 16 nitrogen and oxygen atoms in total. The molecule has 0 saturated carbocycles. The lowest BCUT2D eigenvalue weighted by atomic mass is 9.82. The van der Waals surface area contributed by atoms with Crippen molar-refractivity contribution in [3.63, 3.8) is 0 Å². The third kappa shape index (κ3) is 16.3. The molecule has 384 valence electrons. The van der Waals surface area contributed by atoms with E-state index in [2.05, 4.69) is 14.8 Å². The van der Waals surface area contributed by atoms with E-state index in [1.807, 2.05) is 5.43 Å². The number of carbonyl (C=O) groups excluding carboxylic acids is 4. The van der Waals surface area contributed by atoms with Gasteiger partial charge in [-0.1, -0.05) is 24.3 Å². The lowest BCUT2D eigenvalue weighted by molar-refractivity contribution is -0.221. The number of ether oxygens (including phenoxy) is 2. The number of halogens is 12. The van der Waals surface area contributed by atoms with Crippen molar-refractivity contribution in [2.24, 2.45) is 10.8 Å². The average molecular weight is 1010 g/mol. The Morgan fingerprint density at radius 2 is 1.12 bits per heavy atom. The summed E-state index contributed by atoms with van der Waals surface area (Å²) in [5.41, 5.74) is -6.19. The molecular weight excluding hydrogens is 958 g/mol. The van der Waals surface area contributed by atoms with Crippen LogP contribution >= 0.6 is 0 Å². The number of allylic oxidation sites excluding steroid dienone is 2. The summed E-state index contributed by atoms with van der Waals surface area (Å²) in [7, 11) is 1.50. The van der Waals surface area contributed by atoms with Crippen LogP contribution in [0.1, 0.15) is 49.9 Å². The zero-order valence-corrected chi connectivity index (χ0v) is 37.2. The predicted molar refractivity (Wildman–Crippen MR) is 223 cm³/mol. The van der Waals surface area contributed by atoms with E-state index in [0.717, 1.165) is 20.4 Å². The molecule has 9 N–H and O–H groups in total. The van der Waals surface area contributed by atoms with E-state index in [0.29, 0.717) is 63.5 Å². The highest BCUT2D eigenvalue weighted by molar-refractivity contribution is 6.08. The van der Waals surface area contributed by atoms with Crippen molar-refractivity contribution >= 4 is 47.6 Å². The highest BCUT2D eigenvalue weighted by atomic mass is 19.4. The Hall–Kier alpha value is -6.58. The van der Waals surface area contributed by atoms with Gasteiger partial charge >= 0.3 is 37.6 Å². The number of carbonyl (C=O) groups is 4. The molecule has 0 aliphatic heterocycles. The predicted octanol–water partition coefficient (Wildman–Crippen LogP) is 6.12. The minimum Gasteiger partial charge on any atom is -0.453 e. The molecule has 2 aromatic carbocycles. The fraction of sp³-hybridized carbons (Fsp3) is 0.463. The number of nitrogens with zero attached hydrogens (tertiary/aromatic N) is 1. The molecule has 0 aromatic heterocycles. The van der Waals surface area contributed by atoms with Gasteiger partial charge in [0.1, 0.15) is 23.7 Å². The molecule has 0 heterocycles. The van der Waals surface area contributed by atoms with Gasteiger partial charge in [-0.2, -0.15) is 43.9 Å². The maximum atomic E-state index is 15.8. The normalized spacial score (nSPS) is 14.6. The Balaban J connectivity index is 2.88. The number of nitrogens with one attached hydrogen (secondary N) is 8. The number of methoxy groups -OCH3 is 2. The Morgan fingerprint density at radius 3 is 1.51 bits per heavy atom. The van der Waals surface area contributed by atoms with Crippen LogP contribution in [0.15, 0.2) is 48.8 Å². The molecule has 28 heteroatoms. The van der Waals surface area contributed by atoms with Crippen molar-refractivity contribution in [3.8, 4) is 0 Å². The molecular formula is C41H49F12N9O7. The Kier molecular flexibility index (Phi) is 20.9. The molecule has 4 atom stereocenters. The summed E-state index contributed by atoms with van der Waals surface area (Å²) in [4.78, 5) is 52.1. The molecule has 0 radical (unpaired) electrons. The molecule has 1 unspecified atom stereocenters. The first-order chi connectivity index (χ1) is 31.8. The monoisotopic (exact) mass is 1010 g/mol. The van der Waals surface area contributed by atoms with Gasteiger partial charge in [0.05, 0.1) is 37.2 Å². The molecule has 0 aliphatic rings. The number of amides is 4. The van der Waals surface area contributed by atoms with E-state index >= 15 is 8.78 Å². The third-order valence-corrected chi connectivity index (χ3v) is 10.4. The second-order valence-electron chi connectivity index (χ2n) is 15.9. The van der Waals surface area contributed by atoms with E-state index < -0.39 is 132 Å². The van der Waals surface area contributed by atoms with Gasteiger partial charge in [-0.15, -0.1) is 0 Å². The standard InChI is InChI=1S/C41H49F12N9O7/c1-38(2,40(48,49)50)30(59-36(66)68-5)32(64)58-28(11-20-7-9-21(10-8-20)23(14-54)16-56-34(44)45)29(63)19-62(61-33(65)31(60-37(67)69-6)39(3,4)41(51,52)53)18-25-26(42)12-22(13-27(25)43)24(15-55)17-57-35(46)47/h7-10,12-17,28-31,34-35,54-57,63H,11,18-19H2,1-6H3,(H,58,64)(H,59,66)(H,60,67)(H,61,65)/b23-16+,24-17+,54-14?,55-15?/t28-,29-,30?,31+/m0/s1. The zero-order valence-electron chi connectivity index (χ0n) is 37.2. The molecule has 0 bridgehead atoms. The van der Waals surface area contributed by atoms with E-state index in [4.69, 9.17) is 10.8 Å². The van der Waals surface area contributed by atoms with Crippen molar-refractivity contribution in [1.82, 2.24) is 37.0 Å². The number of aliphatic hydroxyl groups is 1. The first-order valence-electron chi connectivity index (χ1n) is 19.8. The van der Waals surface area contributed by atoms with Crippen molar-refractivity contribution in [2.45, 2.75) is 90.3 Å². The Labute approximate surface area is 386 Å². The minimum atomic E-state index is -5.27. The first kappa shape index (κ1) is 58.5. The quantitative estimate of drug-likeness (QED) is 0.0268. The summed E-state index contributed by atoms with van der Waals surface area (Å²) in [5, 5.41) is 36.2. The van der Waals surface area contributed by atoms with Crippen molar-refractivity contribution in [3.05, 3.63) is 82.7 Å². The van der Waals surface area contributed by atoms with Crippen LogP contribution in [-0.4, -0.2) is 117 Å². The smallest absolute Gasteiger partial charge is 0.407 e. The van der Waals surface area contributed by atoms with Gasteiger partial charge in [-0.25, -0.2) is 23.4 Å². The molecule has 4 amide bonds. The number of hydrogen-bond donors (Lipinski definition) is 9. The summed E-state index contributed by atoms with van der Waals surface area (Å²) in [5.74, 6) is -6.45. The van der Waals surface area contributed by atoms with Crippen LogP contribution in [0.4, 0.5) is 62.3 Å². The third-order valence-electron chi connectivity index (χ3n) is 10.4. The number of aliphatic hydroxyl groups excluding tert-OH is 1. The number of alkyl carbamates (subject to hydrolysis) is 2. The molecule has 2 aromatic rings. The molecule has 0 saturated heterocycles. The zero-order chi connectivity index (χ0) is 52.8. The lowest BCUT2D eigenvalue weighted by Gasteiger charge is -2.38.